The zero-order valence-electron chi connectivity index (χ0n) is 12.1. The molecule has 1 fully saturated rings. The van der Waals surface area contributed by atoms with E-state index in [4.69, 9.17) is 9.15 Å². The van der Waals surface area contributed by atoms with Gasteiger partial charge in [0.25, 0.3) is 10.0 Å². The monoisotopic (exact) mass is 302 g/mol. The molecule has 0 bridgehead atoms. The Morgan fingerprint density at radius 3 is 2.75 bits per heavy atom. The molecule has 1 aromatic rings. The molecular formula is C13H22N2O4S. The van der Waals surface area contributed by atoms with E-state index in [2.05, 4.69) is 10.0 Å². The molecule has 1 atom stereocenters. The van der Waals surface area contributed by atoms with Gasteiger partial charge in [-0.05, 0) is 24.0 Å². The summed E-state index contributed by atoms with van der Waals surface area (Å²) in [6.45, 7) is 5.84. The van der Waals surface area contributed by atoms with E-state index in [1.807, 2.05) is 13.8 Å². The average molecular weight is 302 g/mol. The van der Waals surface area contributed by atoms with Crippen molar-refractivity contribution in [3.63, 3.8) is 0 Å². The van der Waals surface area contributed by atoms with Crippen molar-refractivity contribution in [1.82, 2.24) is 10.0 Å². The zero-order valence-corrected chi connectivity index (χ0v) is 12.9. The second kappa shape index (κ2) is 5.85. The lowest BCUT2D eigenvalue weighted by Gasteiger charge is -2.06. The molecule has 1 unspecified atom stereocenters. The van der Waals surface area contributed by atoms with Gasteiger partial charge in [0.05, 0.1) is 13.2 Å². The lowest BCUT2D eigenvalue weighted by atomic mass is 10.2. The molecule has 0 aliphatic heterocycles. The van der Waals surface area contributed by atoms with Crippen LogP contribution in [0.3, 0.4) is 0 Å². The van der Waals surface area contributed by atoms with Gasteiger partial charge in [-0.2, -0.15) is 0 Å². The third-order valence-electron chi connectivity index (χ3n) is 3.49. The van der Waals surface area contributed by atoms with Crippen LogP contribution in [0.5, 0.6) is 0 Å². The number of nitrogens with one attached hydrogen (secondary N) is 2. The summed E-state index contributed by atoms with van der Waals surface area (Å²) in [5, 5.41) is 3.08. The Hall–Kier alpha value is -0.890. The smallest absolute Gasteiger partial charge is 0.274 e. The van der Waals surface area contributed by atoms with Gasteiger partial charge in [-0.3, -0.25) is 0 Å². The van der Waals surface area contributed by atoms with E-state index in [-0.39, 0.29) is 16.5 Å². The van der Waals surface area contributed by atoms with E-state index in [0.717, 1.165) is 6.42 Å². The van der Waals surface area contributed by atoms with E-state index >= 15 is 0 Å². The van der Waals surface area contributed by atoms with Crippen molar-refractivity contribution in [3.8, 4) is 0 Å². The van der Waals surface area contributed by atoms with Crippen LogP contribution < -0.4 is 10.0 Å². The van der Waals surface area contributed by atoms with Crippen LogP contribution in [0.15, 0.2) is 21.6 Å². The maximum Gasteiger partial charge on any atom is 0.274 e. The maximum absolute atomic E-state index is 12.1. The quantitative estimate of drug-likeness (QED) is 0.703. The first-order valence-electron chi connectivity index (χ1n) is 6.66. The molecule has 0 aromatic carbocycles. The number of furan rings is 1. The van der Waals surface area contributed by atoms with Crippen LogP contribution in [0.25, 0.3) is 0 Å². The summed E-state index contributed by atoms with van der Waals surface area (Å²) >= 11 is 0. The molecule has 0 radical (unpaired) electrons. The van der Waals surface area contributed by atoms with E-state index in [9.17, 15) is 8.42 Å². The molecular weight excluding hydrogens is 280 g/mol. The van der Waals surface area contributed by atoms with Gasteiger partial charge in [0, 0.05) is 19.7 Å². The van der Waals surface area contributed by atoms with Crippen LogP contribution in [0, 0.1) is 5.41 Å². The Morgan fingerprint density at radius 1 is 1.45 bits per heavy atom. The van der Waals surface area contributed by atoms with Crippen LogP contribution in [-0.4, -0.2) is 34.7 Å². The highest BCUT2D eigenvalue weighted by molar-refractivity contribution is 7.89. The van der Waals surface area contributed by atoms with Crippen molar-refractivity contribution in [2.45, 2.75) is 37.9 Å². The van der Waals surface area contributed by atoms with Crippen LogP contribution in [0.4, 0.5) is 0 Å². The summed E-state index contributed by atoms with van der Waals surface area (Å²) in [6.07, 6.45) is 0.859. The lowest BCUT2D eigenvalue weighted by molar-refractivity contribution is 0.198. The molecule has 0 saturated heterocycles. The molecule has 6 nitrogen and oxygen atoms in total. The minimum absolute atomic E-state index is 0.000813. The molecule has 20 heavy (non-hydrogen) atoms. The summed E-state index contributed by atoms with van der Waals surface area (Å²) in [4.78, 5) is 0. The van der Waals surface area contributed by atoms with Crippen LogP contribution in [0.1, 0.15) is 26.0 Å². The van der Waals surface area contributed by atoms with Crippen molar-refractivity contribution >= 4 is 10.0 Å². The molecule has 2 rings (SSSR count). The molecule has 1 saturated carbocycles. The van der Waals surface area contributed by atoms with E-state index in [0.29, 0.717) is 25.5 Å². The largest absolute Gasteiger partial charge is 0.447 e. The maximum atomic E-state index is 12.1. The summed E-state index contributed by atoms with van der Waals surface area (Å²) < 4.78 is 37.2. The van der Waals surface area contributed by atoms with Gasteiger partial charge in [-0.25, -0.2) is 13.1 Å². The fourth-order valence-corrected chi connectivity index (χ4v) is 3.25. The van der Waals surface area contributed by atoms with Gasteiger partial charge in [0.2, 0.25) is 5.09 Å². The fourth-order valence-electron chi connectivity index (χ4n) is 1.90. The van der Waals surface area contributed by atoms with Gasteiger partial charge in [-0.1, -0.05) is 13.8 Å². The number of ether oxygens (including phenoxy) is 1. The number of hydrogen-bond acceptors (Lipinski definition) is 5. The second-order valence-electron chi connectivity index (χ2n) is 5.76. The number of rotatable bonds is 8. The molecule has 2 N–H and O–H groups in total. The van der Waals surface area contributed by atoms with E-state index in [1.165, 1.54) is 6.07 Å². The molecule has 1 heterocycles. The van der Waals surface area contributed by atoms with Crippen LogP contribution in [0.2, 0.25) is 0 Å². The first kappa shape index (κ1) is 15.5. The Labute approximate surface area is 119 Å². The second-order valence-corrected chi connectivity index (χ2v) is 7.40. The van der Waals surface area contributed by atoms with Gasteiger partial charge in [-0.15, -0.1) is 0 Å². The highest BCUT2D eigenvalue weighted by atomic mass is 32.2. The molecule has 7 heteroatoms. The van der Waals surface area contributed by atoms with Crippen LogP contribution >= 0.6 is 0 Å². The van der Waals surface area contributed by atoms with Crippen molar-refractivity contribution in [2.24, 2.45) is 5.41 Å². The van der Waals surface area contributed by atoms with Crippen molar-refractivity contribution in [2.75, 3.05) is 20.3 Å². The highest BCUT2D eigenvalue weighted by Gasteiger charge is 2.48. The first-order valence-corrected chi connectivity index (χ1v) is 8.14. The predicted molar refractivity (Wildman–Crippen MR) is 74.8 cm³/mol. The van der Waals surface area contributed by atoms with Crippen molar-refractivity contribution < 1.29 is 17.6 Å². The summed E-state index contributed by atoms with van der Waals surface area (Å²) in [5.74, 6) is 0.594. The average Bonchev–Trinajstić information content (AvgIpc) is 2.80. The third-order valence-corrected chi connectivity index (χ3v) is 4.84. The molecule has 1 aliphatic rings. The van der Waals surface area contributed by atoms with Gasteiger partial charge >= 0.3 is 0 Å². The van der Waals surface area contributed by atoms with Gasteiger partial charge in [0.15, 0.2) is 0 Å². The topological polar surface area (TPSA) is 80.6 Å². The van der Waals surface area contributed by atoms with Crippen molar-refractivity contribution in [1.29, 1.82) is 0 Å². The summed E-state index contributed by atoms with van der Waals surface area (Å²) in [6, 6.07) is 3.16. The predicted octanol–water partition coefficient (Wildman–Crippen LogP) is 1.09. The first-order chi connectivity index (χ1) is 9.35. The SMILES string of the molecule is COCCNCc1ccc(S(=O)(=O)NC2CC2(C)C)o1. The number of hydrogen-bond donors (Lipinski definition) is 2. The summed E-state index contributed by atoms with van der Waals surface area (Å²) in [7, 11) is -1.92. The Balaban J connectivity index is 1.90. The van der Waals surface area contributed by atoms with E-state index in [1.54, 1.807) is 13.2 Å². The van der Waals surface area contributed by atoms with E-state index < -0.39 is 10.0 Å². The minimum atomic E-state index is -3.55. The highest BCUT2D eigenvalue weighted by Crippen LogP contribution is 2.45. The van der Waals surface area contributed by atoms with Crippen molar-refractivity contribution in [3.05, 3.63) is 17.9 Å². The Morgan fingerprint density at radius 2 is 2.15 bits per heavy atom. The number of methoxy groups -OCH3 is 1. The van der Waals surface area contributed by atoms with Gasteiger partial charge < -0.3 is 14.5 Å². The fraction of sp³-hybridized carbons (Fsp3) is 0.692. The molecule has 1 aliphatic carbocycles. The third kappa shape index (κ3) is 3.82. The Bertz CT molecular complexity index is 550. The standard InChI is InChI=1S/C13H22N2O4S/c1-13(2)8-11(13)15-20(16,17)12-5-4-10(19-12)9-14-6-7-18-3/h4-5,11,14-15H,6-9H2,1-3H3. The van der Waals surface area contributed by atoms with Crippen LogP contribution in [-0.2, 0) is 21.3 Å². The minimum Gasteiger partial charge on any atom is -0.447 e. The molecule has 0 amide bonds. The molecule has 114 valence electrons. The Kier molecular flexibility index (Phi) is 4.53. The summed E-state index contributed by atoms with van der Waals surface area (Å²) in [5.41, 5.74) is 0.0458. The zero-order chi connectivity index (χ0) is 14.8. The number of sulfonamides is 1. The molecule has 0 spiro atoms. The lowest BCUT2D eigenvalue weighted by Crippen LogP contribution is -2.28. The molecule has 1 aromatic heterocycles. The normalized spacial score (nSPS) is 21.1. The van der Waals surface area contributed by atoms with Gasteiger partial charge in [0.1, 0.15) is 5.76 Å².